The molecule has 4 heteroatoms. The number of halogens is 1. The molecule has 0 aliphatic carbocycles. The highest BCUT2D eigenvalue weighted by Gasteiger charge is 2.32. The van der Waals surface area contributed by atoms with Gasteiger partial charge in [0, 0.05) is 24.1 Å². The third-order valence-corrected chi connectivity index (χ3v) is 4.39. The average Bonchev–Trinajstić information content (AvgIpc) is 2.85. The Morgan fingerprint density at radius 2 is 2.00 bits per heavy atom. The molecular formula is C16H20BrNO2. The summed E-state index contributed by atoms with van der Waals surface area (Å²) in [4.78, 5) is 24.8. The number of benzene rings is 1. The van der Waals surface area contributed by atoms with Crippen LogP contribution in [0.15, 0.2) is 24.3 Å². The minimum absolute atomic E-state index is 0.272. The molecule has 0 fully saturated rings. The number of carbonyl (C=O) groups excluding carboxylic acids is 2. The van der Waals surface area contributed by atoms with Gasteiger partial charge in [-0.05, 0) is 24.5 Å². The fraction of sp³-hybridized carbons (Fsp3) is 0.500. The Hall–Kier alpha value is -1.16. The number of Topliss-reactive ketones (excluding diaryl/α,β-unsaturated/α-hetero) is 1. The lowest BCUT2D eigenvalue weighted by Gasteiger charge is -2.19. The minimum Gasteiger partial charge on any atom is -0.370 e. The van der Waals surface area contributed by atoms with Crippen LogP contribution in [-0.4, -0.2) is 30.5 Å². The molecule has 20 heavy (non-hydrogen) atoms. The molecule has 108 valence electrons. The number of hydrogen-bond acceptors (Lipinski definition) is 3. The van der Waals surface area contributed by atoms with Crippen LogP contribution in [-0.2, 0) is 9.59 Å². The van der Waals surface area contributed by atoms with Gasteiger partial charge >= 0.3 is 0 Å². The molecule has 0 bridgehead atoms. The molecule has 0 spiro atoms. The van der Waals surface area contributed by atoms with Crippen molar-refractivity contribution >= 4 is 33.7 Å². The number of aldehydes is 1. The number of unbranched alkanes of at least 4 members (excludes halogenated alkanes) is 3. The third-order valence-electron chi connectivity index (χ3n) is 3.83. The first-order valence-electron chi connectivity index (χ1n) is 7.16. The van der Waals surface area contributed by atoms with Crippen molar-refractivity contribution in [3.8, 4) is 0 Å². The summed E-state index contributed by atoms with van der Waals surface area (Å²) in [6.45, 7) is 1.61. The first kappa shape index (κ1) is 15.2. The highest BCUT2D eigenvalue weighted by atomic mass is 79.9. The summed E-state index contributed by atoms with van der Waals surface area (Å²) < 4.78 is 0. The molecule has 2 rings (SSSR count). The van der Waals surface area contributed by atoms with Crippen molar-refractivity contribution < 1.29 is 9.59 Å². The average molecular weight is 338 g/mol. The van der Waals surface area contributed by atoms with E-state index in [0.29, 0.717) is 12.8 Å². The van der Waals surface area contributed by atoms with E-state index in [1.54, 1.807) is 0 Å². The molecule has 1 atom stereocenters. The second-order valence-corrected chi connectivity index (χ2v) is 5.97. The van der Waals surface area contributed by atoms with Crippen LogP contribution in [0.2, 0.25) is 0 Å². The van der Waals surface area contributed by atoms with E-state index >= 15 is 0 Å². The molecule has 0 N–H and O–H groups in total. The Morgan fingerprint density at radius 3 is 2.75 bits per heavy atom. The van der Waals surface area contributed by atoms with Crippen LogP contribution in [0.25, 0.3) is 0 Å². The van der Waals surface area contributed by atoms with Gasteiger partial charge in [-0.25, -0.2) is 0 Å². The van der Waals surface area contributed by atoms with Gasteiger partial charge in [0.25, 0.3) is 0 Å². The zero-order chi connectivity index (χ0) is 14.4. The second kappa shape index (κ2) is 7.58. The van der Waals surface area contributed by atoms with Crippen LogP contribution in [0.3, 0.4) is 0 Å². The van der Waals surface area contributed by atoms with Gasteiger partial charge < -0.3 is 4.90 Å². The Bertz CT molecular complexity index is 475. The van der Waals surface area contributed by atoms with E-state index in [4.69, 9.17) is 0 Å². The number of anilines is 1. The number of ketones is 1. The van der Waals surface area contributed by atoms with Gasteiger partial charge in [-0.3, -0.25) is 9.59 Å². The summed E-state index contributed by atoms with van der Waals surface area (Å²) in [6, 6.07) is 7.94. The maximum absolute atomic E-state index is 11.7. The third kappa shape index (κ3) is 3.48. The number of para-hydroxylation sites is 1. The highest BCUT2D eigenvalue weighted by Crippen LogP contribution is 2.36. The van der Waals surface area contributed by atoms with Crippen LogP contribution in [0.4, 0.5) is 5.69 Å². The van der Waals surface area contributed by atoms with Crippen molar-refractivity contribution in [2.45, 2.75) is 31.6 Å². The molecular weight excluding hydrogens is 318 g/mol. The molecule has 1 aliphatic heterocycles. The number of fused-ring (bicyclic) bond motifs is 1. The number of hydrogen-bond donors (Lipinski definition) is 0. The first-order valence-corrected chi connectivity index (χ1v) is 8.29. The molecule has 1 aromatic rings. The van der Waals surface area contributed by atoms with E-state index in [9.17, 15) is 9.59 Å². The standard InChI is InChI=1S/C16H20BrNO2/c17-9-5-1-2-6-10-18-11-14(16(20)12-19)13-7-3-4-8-15(13)18/h3-4,7-8,12,14H,1-2,5-6,9-11H2. The molecule has 1 aliphatic rings. The molecule has 0 saturated carbocycles. The molecule has 0 aromatic heterocycles. The van der Waals surface area contributed by atoms with Crippen molar-refractivity contribution in [3.63, 3.8) is 0 Å². The molecule has 1 heterocycles. The van der Waals surface area contributed by atoms with Crippen LogP contribution in [0, 0.1) is 0 Å². The highest BCUT2D eigenvalue weighted by molar-refractivity contribution is 9.09. The quantitative estimate of drug-likeness (QED) is 0.316. The Kier molecular flexibility index (Phi) is 5.77. The van der Waals surface area contributed by atoms with Gasteiger partial charge in [0.1, 0.15) is 0 Å². The van der Waals surface area contributed by atoms with Crippen LogP contribution in [0.5, 0.6) is 0 Å². The van der Waals surface area contributed by atoms with Crippen molar-refractivity contribution in [1.82, 2.24) is 0 Å². The summed E-state index contributed by atoms with van der Waals surface area (Å²) in [5, 5.41) is 1.06. The smallest absolute Gasteiger partial charge is 0.204 e. The second-order valence-electron chi connectivity index (χ2n) is 5.18. The summed E-state index contributed by atoms with van der Waals surface area (Å²) >= 11 is 3.44. The normalized spacial score (nSPS) is 17.1. The Labute approximate surface area is 128 Å². The van der Waals surface area contributed by atoms with E-state index in [1.807, 2.05) is 24.3 Å². The van der Waals surface area contributed by atoms with Crippen LogP contribution >= 0.6 is 15.9 Å². The minimum atomic E-state index is -0.306. The lowest BCUT2D eigenvalue weighted by molar-refractivity contribution is -0.130. The maximum Gasteiger partial charge on any atom is 0.204 e. The van der Waals surface area contributed by atoms with E-state index in [1.165, 1.54) is 19.3 Å². The van der Waals surface area contributed by atoms with Crippen molar-refractivity contribution in [2.24, 2.45) is 0 Å². The first-order chi connectivity index (χ1) is 9.77. The Morgan fingerprint density at radius 1 is 1.25 bits per heavy atom. The zero-order valence-corrected chi connectivity index (χ0v) is 13.1. The number of rotatable bonds is 8. The van der Waals surface area contributed by atoms with Gasteiger partial charge in [0.15, 0.2) is 6.29 Å². The Balaban J connectivity index is 1.98. The number of carbonyl (C=O) groups is 2. The molecule has 0 radical (unpaired) electrons. The van der Waals surface area contributed by atoms with E-state index in [2.05, 4.69) is 20.8 Å². The zero-order valence-electron chi connectivity index (χ0n) is 11.6. The van der Waals surface area contributed by atoms with Gasteiger partial charge in [-0.2, -0.15) is 0 Å². The fourth-order valence-corrected chi connectivity index (χ4v) is 3.17. The van der Waals surface area contributed by atoms with E-state index in [0.717, 1.165) is 29.5 Å². The van der Waals surface area contributed by atoms with Gasteiger partial charge in [0.2, 0.25) is 5.78 Å². The van der Waals surface area contributed by atoms with Gasteiger partial charge in [-0.15, -0.1) is 0 Å². The fourth-order valence-electron chi connectivity index (χ4n) is 2.78. The molecule has 3 nitrogen and oxygen atoms in total. The lowest BCUT2D eigenvalue weighted by Crippen LogP contribution is -2.26. The van der Waals surface area contributed by atoms with Crippen molar-refractivity contribution in [3.05, 3.63) is 29.8 Å². The van der Waals surface area contributed by atoms with Crippen molar-refractivity contribution in [1.29, 1.82) is 0 Å². The maximum atomic E-state index is 11.7. The monoisotopic (exact) mass is 337 g/mol. The van der Waals surface area contributed by atoms with E-state index in [-0.39, 0.29) is 11.7 Å². The summed E-state index contributed by atoms with van der Waals surface area (Å²) in [5.41, 5.74) is 2.12. The van der Waals surface area contributed by atoms with Crippen LogP contribution in [0.1, 0.15) is 37.2 Å². The summed E-state index contributed by atoms with van der Waals surface area (Å²) in [5.74, 6) is -0.578. The predicted molar refractivity (Wildman–Crippen MR) is 84.7 cm³/mol. The predicted octanol–water partition coefficient (Wildman–Crippen LogP) is 3.31. The van der Waals surface area contributed by atoms with Gasteiger partial charge in [0.05, 0.1) is 5.92 Å². The lowest BCUT2D eigenvalue weighted by atomic mass is 9.98. The number of nitrogens with zero attached hydrogens (tertiary/aromatic N) is 1. The van der Waals surface area contributed by atoms with Gasteiger partial charge in [-0.1, -0.05) is 47.0 Å². The number of alkyl halides is 1. The molecule has 1 unspecified atom stereocenters. The summed E-state index contributed by atoms with van der Waals surface area (Å²) in [6.07, 6.45) is 5.24. The van der Waals surface area contributed by atoms with Crippen LogP contribution < -0.4 is 4.90 Å². The van der Waals surface area contributed by atoms with Crippen molar-refractivity contribution in [2.75, 3.05) is 23.3 Å². The molecule has 1 aromatic carbocycles. The topological polar surface area (TPSA) is 37.4 Å². The van der Waals surface area contributed by atoms with E-state index < -0.39 is 0 Å². The SMILES string of the molecule is O=CC(=O)C1CN(CCCCCCBr)c2ccccc21. The largest absolute Gasteiger partial charge is 0.370 e. The molecule has 0 saturated heterocycles. The molecule has 0 amide bonds. The summed E-state index contributed by atoms with van der Waals surface area (Å²) in [7, 11) is 0.